The number of carbonyl (C=O) groups is 1. The second-order valence-corrected chi connectivity index (χ2v) is 4.19. The largest absolute Gasteiger partial charge is 0.379 e. The summed E-state index contributed by atoms with van der Waals surface area (Å²) in [6.07, 6.45) is 0.107. The van der Waals surface area contributed by atoms with E-state index in [1.54, 1.807) is 4.90 Å². The zero-order valence-corrected chi connectivity index (χ0v) is 8.97. The third-order valence-corrected chi connectivity index (χ3v) is 2.65. The standard InChI is InChI=1S/C8H15N3O2S/c1-6-4-11(2-3-13-6)7(12)5-14-8(9)10/h6H,2-5H2,1H3,(H3,9,10). The molecule has 0 bridgehead atoms. The van der Waals surface area contributed by atoms with Crippen LogP contribution < -0.4 is 5.73 Å². The molecule has 1 unspecified atom stereocenters. The molecule has 0 aromatic carbocycles. The second kappa shape index (κ2) is 5.21. The average Bonchev–Trinajstić information content (AvgIpc) is 2.14. The number of thioether (sulfide) groups is 1. The fraction of sp³-hybridized carbons (Fsp3) is 0.750. The first-order chi connectivity index (χ1) is 6.59. The van der Waals surface area contributed by atoms with Gasteiger partial charge in [-0.15, -0.1) is 0 Å². The molecule has 0 aromatic rings. The number of nitrogens with one attached hydrogen (secondary N) is 1. The van der Waals surface area contributed by atoms with Crippen molar-refractivity contribution in [2.24, 2.45) is 5.73 Å². The van der Waals surface area contributed by atoms with Gasteiger partial charge in [-0.1, -0.05) is 11.8 Å². The number of nitrogens with two attached hydrogens (primary N) is 1. The molecule has 1 heterocycles. The molecule has 1 rings (SSSR count). The monoisotopic (exact) mass is 217 g/mol. The SMILES string of the molecule is CC1CN(C(=O)CSC(=N)N)CCO1. The van der Waals surface area contributed by atoms with E-state index >= 15 is 0 Å². The maximum absolute atomic E-state index is 11.5. The zero-order valence-electron chi connectivity index (χ0n) is 8.16. The van der Waals surface area contributed by atoms with Crippen LogP contribution in [-0.2, 0) is 9.53 Å². The number of rotatable bonds is 2. The van der Waals surface area contributed by atoms with E-state index in [9.17, 15) is 4.79 Å². The van der Waals surface area contributed by atoms with Crippen LogP contribution >= 0.6 is 11.8 Å². The number of nitrogens with zero attached hydrogens (tertiary/aromatic N) is 1. The summed E-state index contributed by atoms with van der Waals surface area (Å²) in [6.45, 7) is 3.81. The van der Waals surface area contributed by atoms with E-state index in [-0.39, 0.29) is 22.9 Å². The summed E-state index contributed by atoms with van der Waals surface area (Å²) < 4.78 is 5.32. The van der Waals surface area contributed by atoms with Crippen LogP contribution in [0.3, 0.4) is 0 Å². The molecule has 1 saturated heterocycles. The van der Waals surface area contributed by atoms with E-state index in [0.29, 0.717) is 19.7 Å². The number of ether oxygens (including phenoxy) is 1. The molecule has 1 aliphatic rings. The second-order valence-electron chi connectivity index (χ2n) is 3.17. The molecule has 3 N–H and O–H groups in total. The molecule has 5 nitrogen and oxygen atoms in total. The molecule has 14 heavy (non-hydrogen) atoms. The molecule has 0 aliphatic carbocycles. The van der Waals surface area contributed by atoms with Crippen LogP contribution in [0.25, 0.3) is 0 Å². The Bertz CT molecular complexity index is 235. The molecule has 1 aliphatic heterocycles. The van der Waals surface area contributed by atoms with Crippen LogP contribution in [0.4, 0.5) is 0 Å². The Morgan fingerprint density at radius 3 is 3.07 bits per heavy atom. The van der Waals surface area contributed by atoms with Crippen molar-refractivity contribution in [2.45, 2.75) is 13.0 Å². The van der Waals surface area contributed by atoms with E-state index in [2.05, 4.69) is 0 Å². The number of amidine groups is 1. The van der Waals surface area contributed by atoms with Gasteiger partial charge in [0.2, 0.25) is 5.91 Å². The van der Waals surface area contributed by atoms with Crippen molar-refractivity contribution in [1.82, 2.24) is 4.90 Å². The summed E-state index contributed by atoms with van der Waals surface area (Å²) in [5.74, 6) is 0.280. The third kappa shape index (κ3) is 3.55. The highest BCUT2D eigenvalue weighted by Crippen LogP contribution is 2.07. The highest BCUT2D eigenvalue weighted by molar-refractivity contribution is 8.14. The van der Waals surface area contributed by atoms with Gasteiger partial charge in [-0.25, -0.2) is 0 Å². The molecule has 80 valence electrons. The molecule has 0 saturated carbocycles. The Morgan fingerprint density at radius 1 is 1.79 bits per heavy atom. The number of amides is 1. The molecule has 0 spiro atoms. The summed E-state index contributed by atoms with van der Waals surface area (Å²) in [5.41, 5.74) is 5.15. The van der Waals surface area contributed by atoms with Gasteiger partial charge in [-0.05, 0) is 6.92 Å². The highest BCUT2D eigenvalue weighted by atomic mass is 32.2. The fourth-order valence-electron chi connectivity index (χ4n) is 1.28. The topological polar surface area (TPSA) is 79.4 Å². The first kappa shape index (κ1) is 11.3. The van der Waals surface area contributed by atoms with Crippen molar-refractivity contribution in [3.8, 4) is 0 Å². The predicted molar refractivity (Wildman–Crippen MR) is 56.4 cm³/mol. The maximum atomic E-state index is 11.5. The lowest BCUT2D eigenvalue weighted by molar-refractivity contribution is -0.135. The van der Waals surface area contributed by atoms with Crippen molar-refractivity contribution < 1.29 is 9.53 Å². The Labute approximate surface area is 87.5 Å². The van der Waals surface area contributed by atoms with Gasteiger partial charge in [-0.2, -0.15) is 0 Å². The quantitative estimate of drug-likeness (QED) is 0.498. The van der Waals surface area contributed by atoms with Crippen LogP contribution in [0.15, 0.2) is 0 Å². The van der Waals surface area contributed by atoms with Crippen molar-refractivity contribution in [3.63, 3.8) is 0 Å². The van der Waals surface area contributed by atoms with Gasteiger partial charge in [0.15, 0.2) is 5.17 Å². The maximum Gasteiger partial charge on any atom is 0.233 e. The average molecular weight is 217 g/mol. The lowest BCUT2D eigenvalue weighted by atomic mass is 10.3. The van der Waals surface area contributed by atoms with Crippen LogP contribution in [0.5, 0.6) is 0 Å². The summed E-state index contributed by atoms with van der Waals surface area (Å²) in [5, 5.41) is 6.97. The van der Waals surface area contributed by atoms with E-state index in [1.807, 2.05) is 6.92 Å². The fourth-order valence-corrected chi connectivity index (χ4v) is 1.74. The van der Waals surface area contributed by atoms with Crippen molar-refractivity contribution >= 4 is 22.8 Å². The molecule has 1 atom stereocenters. The molecular weight excluding hydrogens is 202 g/mol. The van der Waals surface area contributed by atoms with Gasteiger partial charge in [0, 0.05) is 13.1 Å². The number of carbonyl (C=O) groups excluding carboxylic acids is 1. The van der Waals surface area contributed by atoms with Gasteiger partial charge in [0.25, 0.3) is 0 Å². The Hall–Kier alpha value is -0.750. The van der Waals surface area contributed by atoms with Gasteiger partial charge in [0.05, 0.1) is 18.5 Å². The number of hydrogen-bond acceptors (Lipinski definition) is 4. The Morgan fingerprint density at radius 2 is 2.50 bits per heavy atom. The van der Waals surface area contributed by atoms with E-state index in [0.717, 1.165) is 11.8 Å². The molecule has 0 aromatic heterocycles. The molecular formula is C8H15N3O2S. The van der Waals surface area contributed by atoms with Crippen molar-refractivity contribution in [3.05, 3.63) is 0 Å². The van der Waals surface area contributed by atoms with Crippen LogP contribution in [0.2, 0.25) is 0 Å². The van der Waals surface area contributed by atoms with E-state index < -0.39 is 0 Å². The van der Waals surface area contributed by atoms with Crippen molar-refractivity contribution in [2.75, 3.05) is 25.4 Å². The summed E-state index contributed by atoms with van der Waals surface area (Å²) >= 11 is 1.06. The van der Waals surface area contributed by atoms with Crippen molar-refractivity contribution in [1.29, 1.82) is 5.41 Å². The number of hydrogen-bond donors (Lipinski definition) is 2. The lowest BCUT2D eigenvalue weighted by Gasteiger charge is -2.31. The summed E-state index contributed by atoms with van der Waals surface area (Å²) in [6, 6.07) is 0. The Kier molecular flexibility index (Phi) is 4.21. The predicted octanol–water partition coefficient (Wildman–Crippen LogP) is -0.140. The van der Waals surface area contributed by atoms with E-state index in [1.165, 1.54) is 0 Å². The van der Waals surface area contributed by atoms with Crippen LogP contribution in [0.1, 0.15) is 6.92 Å². The first-order valence-electron chi connectivity index (χ1n) is 4.46. The molecule has 1 amide bonds. The lowest BCUT2D eigenvalue weighted by Crippen LogP contribution is -2.45. The van der Waals surface area contributed by atoms with Gasteiger partial charge in [-0.3, -0.25) is 10.2 Å². The zero-order chi connectivity index (χ0) is 10.6. The molecule has 0 radical (unpaired) electrons. The van der Waals surface area contributed by atoms with E-state index in [4.69, 9.17) is 15.9 Å². The normalized spacial score (nSPS) is 22.1. The van der Waals surface area contributed by atoms with Gasteiger partial charge in [0.1, 0.15) is 0 Å². The molecule has 1 fully saturated rings. The summed E-state index contributed by atoms with van der Waals surface area (Å²) in [4.78, 5) is 13.3. The van der Waals surface area contributed by atoms with Gasteiger partial charge < -0.3 is 15.4 Å². The third-order valence-electron chi connectivity index (χ3n) is 1.94. The van der Waals surface area contributed by atoms with Crippen LogP contribution in [0, 0.1) is 5.41 Å². The highest BCUT2D eigenvalue weighted by Gasteiger charge is 2.21. The Balaban J connectivity index is 2.32. The minimum atomic E-state index is -0.0142. The molecule has 6 heteroatoms. The minimum absolute atomic E-state index is 0.0142. The van der Waals surface area contributed by atoms with Gasteiger partial charge >= 0.3 is 0 Å². The smallest absolute Gasteiger partial charge is 0.233 e. The number of morpholine rings is 1. The minimum Gasteiger partial charge on any atom is -0.379 e. The summed E-state index contributed by atoms with van der Waals surface area (Å²) in [7, 11) is 0. The van der Waals surface area contributed by atoms with Crippen LogP contribution in [-0.4, -0.2) is 47.5 Å². The first-order valence-corrected chi connectivity index (χ1v) is 5.44.